The Morgan fingerprint density at radius 1 is 1.42 bits per heavy atom. The van der Waals surface area contributed by atoms with E-state index in [1.54, 1.807) is 0 Å². The third-order valence-electron chi connectivity index (χ3n) is 4.63. The Labute approximate surface area is 143 Å². The first kappa shape index (κ1) is 18.4. The highest BCUT2D eigenvalue weighted by Crippen LogP contribution is 2.12. The smallest absolute Gasteiger partial charge is 0.236 e. The van der Waals surface area contributed by atoms with Crippen LogP contribution in [0.2, 0.25) is 0 Å². The minimum absolute atomic E-state index is 0.0376. The van der Waals surface area contributed by atoms with Crippen LogP contribution in [0.4, 0.5) is 0 Å². The highest BCUT2D eigenvalue weighted by atomic mass is 16.2. The Bertz CT molecular complexity index is 571. The van der Waals surface area contributed by atoms with Crippen molar-refractivity contribution < 1.29 is 9.59 Å². The first-order valence-electron chi connectivity index (χ1n) is 8.66. The summed E-state index contributed by atoms with van der Waals surface area (Å²) in [6.45, 7) is 9.34. The predicted molar refractivity (Wildman–Crippen MR) is 92.6 cm³/mol. The molecule has 0 spiro atoms. The molecular weight excluding hydrogens is 306 g/mol. The number of nitrogens with one attached hydrogen (secondary N) is 2. The van der Waals surface area contributed by atoms with E-state index in [1.165, 1.54) is 6.92 Å². The Balaban J connectivity index is 1.80. The number of carbonyl (C=O) groups excluding carboxylic acids is 2. The average Bonchev–Trinajstić information content (AvgIpc) is 2.97. The summed E-state index contributed by atoms with van der Waals surface area (Å²) in [7, 11) is 0. The van der Waals surface area contributed by atoms with Gasteiger partial charge in [0.15, 0.2) is 0 Å². The highest BCUT2D eigenvalue weighted by Gasteiger charge is 2.24. The van der Waals surface area contributed by atoms with Crippen LogP contribution in [0.1, 0.15) is 45.2 Å². The number of hydrogen-bond acceptors (Lipinski definition) is 4. The number of hydrogen-bond donors (Lipinski definition) is 2. The maximum absolute atomic E-state index is 12.4. The summed E-state index contributed by atoms with van der Waals surface area (Å²) in [5.74, 6) is 0.0464. The van der Waals surface area contributed by atoms with Crippen molar-refractivity contribution in [2.75, 3.05) is 19.6 Å². The molecule has 0 radical (unpaired) electrons. The molecule has 1 aromatic rings. The second-order valence-electron chi connectivity index (χ2n) is 6.79. The highest BCUT2D eigenvalue weighted by molar-refractivity contribution is 5.78. The predicted octanol–water partition coefficient (Wildman–Crippen LogP) is 0.858. The van der Waals surface area contributed by atoms with Gasteiger partial charge in [0.1, 0.15) is 0 Å². The van der Waals surface area contributed by atoms with Gasteiger partial charge in [-0.25, -0.2) is 0 Å². The lowest BCUT2D eigenvalue weighted by molar-refractivity contribution is -0.132. The van der Waals surface area contributed by atoms with Crippen LogP contribution >= 0.6 is 0 Å². The van der Waals surface area contributed by atoms with Crippen LogP contribution in [0, 0.1) is 6.92 Å². The largest absolute Gasteiger partial charge is 0.352 e. The minimum atomic E-state index is -0.0376. The molecule has 1 aliphatic rings. The van der Waals surface area contributed by atoms with Crippen molar-refractivity contribution >= 4 is 11.8 Å². The molecule has 0 aliphatic carbocycles. The minimum Gasteiger partial charge on any atom is -0.352 e. The van der Waals surface area contributed by atoms with E-state index in [4.69, 9.17) is 0 Å². The van der Waals surface area contributed by atoms with Crippen molar-refractivity contribution in [3.8, 4) is 0 Å². The van der Waals surface area contributed by atoms with E-state index in [1.807, 2.05) is 28.9 Å². The zero-order chi connectivity index (χ0) is 17.7. The van der Waals surface area contributed by atoms with Crippen molar-refractivity contribution in [1.29, 1.82) is 0 Å². The SMILES string of the molecule is CC(=O)N[C@@H]1CCCN(C(=O)CN[C@H](C)[C@@H](C)n2cc(C)cn2)C1. The number of piperidine rings is 1. The summed E-state index contributed by atoms with van der Waals surface area (Å²) >= 11 is 0. The molecule has 1 aliphatic heterocycles. The van der Waals surface area contributed by atoms with Crippen LogP contribution in [0.5, 0.6) is 0 Å². The van der Waals surface area contributed by atoms with Crippen LogP contribution in [0.3, 0.4) is 0 Å². The zero-order valence-corrected chi connectivity index (χ0v) is 15.1. The average molecular weight is 335 g/mol. The number of aryl methyl sites for hydroxylation is 1. The third kappa shape index (κ3) is 5.06. The molecule has 7 nitrogen and oxygen atoms in total. The Morgan fingerprint density at radius 3 is 2.79 bits per heavy atom. The van der Waals surface area contributed by atoms with E-state index < -0.39 is 0 Å². The van der Waals surface area contributed by atoms with Crippen LogP contribution < -0.4 is 10.6 Å². The number of rotatable bonds is 6. The first-order chi connectivity index (χ1) is 11.4. The molecule has 2 rings (SSSR count). The lowest BCUT2D eigenvalue weighted by atomic mass is 10.1. The molecule has 0 unspecified atom stereocenters. The molecule has 2 amide bonds. The van der Waals surface area contributed by atoms with Gasteiger partial charge in [0, 0.05) is 38.3 Å². The van der Waals surface area contributed by atoms with Gasteiger partial charge in [0.2, 0.25) is 11.8 Å². The summed E-state index contributed by atoms with van der Waals surface area (Å²) < 4.78 is 1.92. The quantitative estimate of drug-likeness (QED) is 0.808. The molecule has 0 saturated carbocycles. The second-order valence-corrected chi connectivity index (χ2v) is 6.79. The topological polar surface area (TPSA) is 79.3 Å². The van der Waals surface area contributed by atoms with Crippen LogP contribution in [0.25, 0.3) is 0 Å². The number of nitrogens with zero attached hydrogens (tertiary/aromatic N) is 3. The fraction of sp³-hybridized carbons (Fsp3) is 0.706. The van der Waals surface area contributed by atoms with E-state index in [2.05, 4.69) is 29.6 Å². The molecule has 1 aromatic heterocycles. The summed E-state index contributed by atoms with van der Waals surface area (Å²) in [4.78, 5) is 25.4. The maximum atomic E-state index is 12.4. The molecule has 1 saturated heterocycles. The van der Waals surface area contributed by atoms with Gasteiger partial charge in [0.05, 0.1) is 18.8 Å². The van der Waals surface area contributed by atoms with E-state index in [-0.39, 0.29) is 29.9 Å². The standard InChI is InChI=1S/C17H29N5O2/c1-12-8-19-22(10-12)14(3)13(2)18-9-17(24)21-7-5-6-16(11-21)20-15(4)23/h8,10,13-14,16,18H,5-7,9,11H2,1-4H3,(H,20,23)/t13-,14-,16-/m1/s1. The number of amides is 2. The van der Waals surface area contributed by atoms with Crippen LogP contribution in [0.15, 0.2) is 12.4 Å². The van der Waals surface area contributed by atoms with Gasteiger partial charge in [-0.05, 0) is 39.2 Å². The Hall–Kier alpha value is -1.89. The fourth-order valence-corrected chi connectivity index (χ4v) is 3.02. The molecule has 1 fully saturated rings. The first-order valence-corrected chi connectivity index (χ1v) is 8.66. The maximum Gasteiger partial charge on any atom is 0.236 e. The molecule has 3 atom stereocenters. The van der Waals surface area contributed by atoms with Crippen molar-refractivity contribution in [3.63, 3.8) is 0 Å². The number of aromatic nitrogens is 2. The zero-order valence-electron chi connectivity index (χ0n) is 15.1. The summed E-state index contributed by atoms with van der Waals surface area (Å²) in [5, 5.41) is 10.5. The van der Waals surface area contributed by atoms with E-state index in [9.17, 15) is 9.59 Å². The molecular formula is C17H29N5O2. The Morgan fingerprint density at radius 2 is 2.17 bits per heavy atom. The molecule has 0 aromatic carbocycles. The van der Waals surface area contributed by atoms with E-state index >= 15 is 0 Å². The lowest BCUT2D eigenvalue weighted by Gasteiger charge is -2.33. The van der Waals surface area contributed by atoms with Gasteiger partial charge in [-0.3, -0.25) is 14.3 Å². The summed E-state index contributed by atoms with van der Waals surface area (Å²) in [6, 6.07) is 0.368. The van der Waals surface area contributed by atoms with Crippen LogP contribution in [-0.4, -0.2) is 58.2 Å². The lowest BCUT2D eigenvalue weighted by Crippen LogP contribution is -2.51. The van der Waals surface area contributed by atoms with E-state index in [0.717, 1.165) is 24.9 Å². The second kappa shape index (κ2) is 8.28. The fourth-order valence-electron chi connectivity index (χ4n) is 3.02. The summed E-state index contributed by atoms with van der Waals surface area (Å²) in [5.41, 5.74) is 1.13. The summed E-state index contributed by atoms with van der Waals surface area (Å²) in [6.07, 6.45) is 5.70. The molecule has 0 bridgehead atoms. The van der Waals surface area contributed by atoms with Gasteiger partial charge in [-0.15, -0.1) is 0 Å². The molecule has 24 heavy (non-hydrogen) atoms. The van der Waals surface area contributed by atoms with Gasteiger partial charge in [-0.2, -0.15) is 5.10 Å². The molecule has 7 heteroatoms. The normalized spacial score (nSPS) is 20.5. The van der Waals surface area contributed by atoms with Crippen molar-refractivity contribution in [2.24, 2.45) is 0 Å². The molecule has 134 valence electrons. The van der Waals surface area contributed by atoms with Crippen molar-refractivity contribution in [1.82, 2.24) is 25.3 Å². The van der Waals surface area contributed by atoms with Crippen LogP contribution in [-0.2, 0) is 9.59 Å². The third-order valence-corrected chi connectivity index (χ3v) is 4.63. The monoisotopic (exact) mass is 335 g/mol. The molecule has 2 heterocycles. The van der Waals surface area contributed by atoms with E-state index in [0.29, 0.717) is 13.1 Å². The van der Waals surface area contributed by atoms with Gasteiger partial charge in [0.25, 0.3) is 0 Å². The van der Waals surface area contributed by atoms with Gasteiger partial charge >= 0.3 is 0 Å². The van der Waals surface area contributed by atoms with Crippen molar-refractivity contribution in [2.45, 2.75) is 58.7 Å². The number of carbonyl (C=O) groups is 2. The molecule has 2 N–H and O–H groups in total. The van der Waals surface area contributed by atoms with Gasteiger partial charge < -0.3 is 15.5 Å². The van der Waals surface area contributed by atoms with Crippen molar-refractivity contribution in [3.05, 3.63) is 18.0 Å². The van der Waals surface area contributed by atoms with Gasteiger partial charge in [-0.1, -0.05) is 0 Å². The Kier molecular flexibility index (Phi) is 6.36. The number of likely N-dealkylation sites (tertiary alicyclic amines) is 1.